The molecule has 0 aliphatic heterocycles. The molecule has 0 fully saturated rings. The van der Waals surface area contributed by atoms with Crippen molar-refractivity contribution in [2.24, 2.45) is 5.41 Å². The first-order valence-electron chi connectivity index (χ1n) is 11.3. The van der Waals surface area contributed by atoms with Gasteiger partial charge in [-0.15, -0.1) is 11.8 Å². The average molecular weight is 578 g/mol. The number of carbonyl (C=O) groups is 2. The minimum absolute atomic E-state index is 0. The van der Waals surface area contributed by atoms with Crippen LogP contribution in [0.15, 0.2) is 39.7 Å². The number of carboxylic acid groups (broad SMARTS) is 1. The molecule has 0 aliphatic carbocycles. The van der Waals surface area contributed by atoms with Crippen LogP contribution in [0.1, 0.15) is 74.5 Å². The molecule has 0 saturated heterocycles. The zero-order valence-electron chi connectivity index (χ0n) is 20.1. The first kappa shape index (κ1) is 32.0. The normalized spacial score (nSPS) is 12.1. The number of benzene rings is 2. The number of ketones is 1. The van der Waals surface area contributed by atoms with Crippen LogP contribution < -0.4 is 4.74 Å². The Morgan fingerprint density at radius 2 is 1.89 bits per heavy atom. The van der Waals surface area contributed by atoms with E-state index in [-0.39, 0.29) is 47.5 Å². The number of ether oxygens (including phenoxy) is 1. The standard InChI is InChI=1S/C26H33BrO6S.Na.H/c1-5-7-19-21(10-9-18(16(2)28)24(19)31)33-12-6-13-34-22-11-8-17(14-20(22)27)25(32)26(3,4)15-23(29)30;;/h8-11,14,25,31-32H,5-7,12-13,15H2,1-4H3,(H,29,30);;. The topological polar surface area (TPSA) is 104 Å². The Balaban J connectivity index is 0.00000612. The number of thioether (sulfide) groups is 1. The van der Waals surface area contributed by atoms with E-state index in [4.69, 9.17) is 9.84 Å². The Morgan fingerprint density at radius 3 is 2.46 bits per heavy atom. The number of aliphatic hydroxyl groups excluding tert-OH is 1. The summed E-state index contributed by atoms with van der Waals surface area (Å²) in [7, 11) is 0. The minimum atomic E-state index is -0.940. The van der Waals surface area contributed by atoms with Crippen LogP contribution in [0, 0.1) is 5.41 Å². The summed E-state index contributed by atoms with van der Waals surface area (Å²) in [6.45, 7) is 7.39. The third kappa shape index (κ3) is 9.09. The molecule has 9 heteroatoms. The van der Waals surface area contributed by atoms with Crippen LogP contribution in [-0.4, -0.2) is 69.0 Å². The molecule has 2 rings (SSSR count). The van der Waals surface area contributed by atoms with Gasteiger partial charge < -0.3 is 20.1 Å². The molecule has 0 amide bonds. The van der Waals surface area contributed by atoms with Crippen molar-refractivity contribution in [3.05, 3.63) is 51.5 Å². The molecule has 6 nitrogen and oxygen atoms in total. The fourth-order valence-corrected chi connectivity index (χ4v) is 5.28. The van der Waals surface area contributed by atoms with Gasteiger partial charge in [-0.3, -0.25) is 9.59 Å². The predicted molar refractivity (Wildman–Crippen MR) is 145 cm³/mol. The summed E-state index contributed by atoms with van der Waals surface area (Å²) >= 11 is 5.21. The molecule has 0 aliphatic rings. The van der Waals surface area contributed by atoms with Crippen molar-refractivity contribution >= 4 is 69.0 Å². The van der Waals surface area contributed by atoms with Crippen molar-refractivity contribution in [1.29, 1.82) is 0 Å². The summed E-state index contributed by atoms with van der Waals surface area (Å²) in [5.41, 5.74) is 0.870. The molecular formula is C26H34BrNaO6S. The number of aromatic hydroxyl groups is 1. The van der Waals surface area contributed by atoms with Crippen molar-refractivity contribution in [1.82, 2.24) is 0 Å². The van der Waals surface area contributed by atoms with Gasteiger partial charge in [0, 0.05) is 26.1 Å². The van der Waals surface area contributed by atoms with Gasteiger partial charge in [-0.1, -0.05) is 33.3 Å². The summed E-state index contributed by atoms with van der Waals surface area (Å²) in [6, 6.07) is 8.94. The number of hydrogen-bond donors (Lipinski definition) is 3. The molecule has 0 bridgehead atoms. The predicted octanol–water partition coefficient (Wildman–Crippen LogP) is 5.76. The SMILES string of the molecule is CCCc1c(OCCCSc2ccc(C(O)C(C)(C)CC(=O)O)cc2Br)ccc(C(C)=O)c1O.[NaH]. The third-order valence-corrected chi connectivity index (χ3v) is 7.62. The van der Waals surface area contributed by atoms with Crippen LogP contribution in [-0.2, 0) is 11.2 Å². The first-order valence-corrected chi connectivity index (χ1v) is 13.1. The molecule has 0 aromatic heterocycles. The number of aliphatic hydroxyl groups is 1. The molecule has 35 heavy (non-hydrogen) atoms. The molecule has 2 aromatic carbocycles. The van der Waals surface area contributed by atoms with E-state index in [2.05, 4.69) is 15.9 Å². The van der Waals surface area contributed by atoms with E-state index >= 15 is 0 Å². The van der Waals surface area contributed by atoms with Crippen LogP contribution in [0.4, 0.5) is 0 Å². The number of Topliss-reactive ketones (excluding diaryl/α,β-unsaturated/α-hetero) is 1. The molecule has 0 radical (unpaired) electrons. The summed E-state index contributed by atoms with van der Waals surface area (Å²) in [5.74, 6) is 0.305. The van der Waals surface area contributed by atoms with Crippen molar-refractivity contribution in [3.63, 3.8) is 0 Å². The van der Waals surface area contributed by atoms with Gasteiger partial charge in [-0.25, -0.2) is 0 Å². The maximum atomic E-state index is 11.7. The molecule has 1 unspecified atom stereocenters. The van der Waals surface area contributed by atoms with E-state index in [1.54, 1.807) is 37.7 Å². The van der Waals surface area contributed by atoms with Crippen LogP contribution in [0.25, 0.3) is 0 Å². The van der Waals surface area contributed by atoms with Crippen molar-refractivity contribution in [2.45, 2.75) is 64.4 Å². The fraction of sp³-hybridized carbons (Fsp3) is 0.462. The number of carboxylic acids is 1. The summed E-state index contributed by atoms with van der Waals surface area (Å²) in [4.78, 5) is 23.8. The van der Waals surface area contributed by atoms with Crippen molar-refractivity contribution in [3.8, 4) is 11.5 Å². The van der Waals surface area contributed by atoms with Gasteiger partial charge in [-0.2, -0.15) is 0 Å². The van der Waals surface area contributed by atoms with Gasteiger partial charge >= 0.3 is 35.5 Å². The third-order valence-electron chi connectivity index (χ3n) is 5.54. The summed E-state index contributed by atoms with van der Waals surface area (Å²) in [5, 5.41) is 30.2. The van der Waals surface area contributed by atoms with E-state index in [0.29, 0.717) is 35.5 Å². The van der Waals surface area contributed by atoms with Crippen LogP contribution in [0.2, 0.25) is 0 Å². The second-order valence-corrected chi connectivity index (χ2v) is 10.9. The molecule has 3 N–H and O–H groups in total. The molecule has 0 saturated carbocycles. The van der Waals surface area contributed by atoms with E-state index in [1.807, 2.05) is 25.1 Å². The number of rotatable bonds is 13. The Kier molecular flexibility index (Phi) is 13.4. The van der Waals surface area contributed by atoms with Crippen LogP contribution >= 0.6 is 27.7 Å². The Labute approximate surface area is 242 Å². The molecule has 2 aromatic rings. The van der Waals surface area contributed by atoms with Gasteiger partial charge in [0.15, 0.2) is 5.78 Å². The van der Waals surface area contributed by atoms with E-state index < -0.39 is 17.5 Å². The number of phenols is 1. The Hall–Kier alpha value is -1.03. The molecule has 1 atom stereocenters. The molecule has 0 spiro atoms. The Morgan fingerprint density at radius 1 is 1.20 bits per heavy atom. The Bertz CT molecular complexity index is 1030. The van der Waals surface area contributed by atoms with Gasteiger partial charge in [0.2, 0.25) is 0 Å². The van der Waals surface area contributed by atoms with Crippen molar-refractivity contribution < 1.29 is 29.6 Å². The second kappa shape index (κ2) is 14.6. The molecular weight excluding hydrogens is 543 g/mol. The van der Waals surface area contributed by atoms with E-state index in [1.165, 1.54) is 6.92 Å². The summed E-state index contributed by atoms with van der Waals surface area (Å²) in [6.07, 6.45) is 1.21. The maximum absolute atomic E-state index is 11.7. The molecule has 188 valence electrons. The van der Waals surface area contributed by atoms with Crippen LogP contribution in [0.3, 0.4) is 0 Å². The number of halogens is 1. The van der Waals surface area contributed by atoms with Crippen LogP contribution in [0.5, 0.6) is 11.5 Å². The first-order chi connectivity index (χ1) is 16.0. The number of phenolic OH excluding ortho intramolecular Hbond substituents is 1. The van der Waals surface area contributed by atoms with Crippen molar-refractivity contribution in [2.75, 3.05) is 12.4 Å². The van der Waals surface area contributed by atoms with Gasteiger partial charge in [0.25, 0.3) is 0 Å². The van der Waals surface area contributed by atoms with E-state index in [9.17, 15) is 19.8 Å². The van der Waals surface area contributed by atoms with Gasteiger partial charge in [0.05, 0.1) is 24.7 Å². The molecule has 0 heterocycles. The quantitative estimate of drug-likeness (QED) is 0.120. The number of carbonyl (C=O) groups excluding carboxylic acids is 1. The fourth-order valence-electron chi connectivity index (χ4n) is 3.69. The zero-order chi connectivity index (χ0) is 25.5. The van der Waals surface area contributed by atoms with E-state index in [0.717, 1.165) is 28.0 Å². The van der Waals surface area contributed by atoms with Gasteiger partial charge in [-0.05, 0) is 65.5 Å². The zero-order valence-corrected chi connectivity index (χ0v) is 22.5. The second-order valence-electron chi connectivity index (χ2n) is 8.95. The monoisotopic (exact) mass is 576 g/mol. The summed E-state index contributed by atoms with van der Waals surface area (Å²) < 4.78 is 6.76. The number of aliphatic carboxylic acids is 1. The average Bonchev–Trinajstić information content (AvgIpc) is 2.75. The number of hydrogen-bond acceptors (Lipinski definition) is 6. The van der Waals surface area contributed by atoms with Gasteiger partial charge in [0.1, 0.15) is 11.5 Å².